The van der Waals surface area contributed by atoms with Crippen molar-refractivity contribution >= 4 is 31.9 Å². The zero-order valence-corrected chi connectivity index (χ0v) is 9.39. The van der Waals surface area contributed by atoms with Crippen molar-refractivity contribution in [2.45, 2.75) is 13.2 Å². The SMILES string of the molecule is OCc1c(Br)ccc(Br)c1CO. The summed E-state index contributed by atoms with van der Waals surface area (Å²) in [5.74, 6) is 0. The van der Waals surface area contributed by atoms with E-state index in [0.717, 1.165) is 20.1 Å². The zero-order chi connectivity index (χ0) is 9.14. The Kier molecular flexibility index (Phi) is 3.71. The molecule has 0 radical (unpaired) electrons. The first-order chi connectivity index (χ1) is 5.70. The van der Waals surface area contributed by atoms with Crippen LogP contribution in [0.15, 0.2) is 21.1 Å². The van der Waals surface area contributed by atoms with Crippen molar-refractivity contribution in [1.82, 2.24) is 0 Å². The van der Waals surface area contributed by atoms with Crippen LogP contribution in [0.3, 0.4) is 0 Å². The van der Waals surface area contributed by atoms with Crippen molar-refractivity contribution in [3.8, 4) is 0 Å². The van der Waals surface area contributed by atoms with Crippen molar-refractivity contribution in [3.05, 3.63) is 32.2 Å². The monoisotopic (exact) mass is 294 g/mol. The molecule has 12 heavy (non-hydrogen) atoms. The maximum atomic E-state index is 8.99. The van der Waals surface area contributed by atoms with Crippen molar-refractivity contribution in [2.75, 3.05) is 0 Å². The zero-order valence-electron chi connectivity index (χ0n) is 6.22. The first-order valence-corrected chi connectivity index (χ1v) is 4.96. The van der Waals surface area contributed by atoms with E-state index in [0.29, 0.717) is 0 Å². The highest BCUT2D eigenvalue weighted by Crippen LogP contribution is 2.27. The first kappa shape index (κ1) is 10.2. The number of aliphatic hydroxyl groups is 2. The Balaban J connectivity index is 3.28. The predicted octanol–water partition coefficient (Wildman–Crippen LogP) is 2.20. The molecular weight excluding hydrogens is 288 g/mol. The summed E-state index contributed by atoms with van der Waals surface area (Å²) in [7, 11) is 0. The molecule has 0 saturated heterocycles. The topological polar surface area (TPSA) is 40.5 Å². The largest absolute Gasteiger partial charge is 0.392 e. The minimum absolute atomic E-state index is 0.0735. The van der Waals surface area contributed by atoms with E-state index in [2.05, 4.69) is 31.9 Å². The van der Waals surface area contributed by atoms with Gasteiger partial charge in [-0.25, -0.2) is 0 Å². The number of halogens is 2. The summed E-state index contributed by atoms with van der Waals surface area (Å²) in [6, 6.07) is 3.66. The van der Waals surface area contributed by atoms with E-state index >= 15 is 0 Å². The summed E-state index contributed by atoms with van der Waals surface area (Å²) in [6.45, 7) is -0.147. The average molecular weight is 296 g/mol. The second-order valence-electron chi connectivity index (χ2n) is 2.30. The molecule has 0 aliphatic heterocycles. The molecular formula is C8H8Br2O2. The summed E-state index contributed by atoms with van der Waals surface area (Å²) < 4.78 is 1.63. The number of aliphatic hydroxyl groups excluding tert-OH is 2. The third-order valence-electron chi connectivity index (χ3n) is 1.63. The highest BCUT2D eigenvalue weighted by atomic mass is 79.9. The third kappa shape index (κ3) is 1.88. The van der Waals surface area contributed by atoms with Crippen molar-refractivity contribution in [2.24, 2.45) is 0 Å². The molecule has 1 aromatic carbocycles. The maximum Gasteiger partial charge on any atom is 0.0696 e. The minimum Gasteiger partial charge on any atom is -0.392 e. The molecule has 0 heterocycles. The molecule has 0 spiro atoms. The lowest BCUT2D eigenvalue weighted by molar-refractivity contribution is 0.258. The van der Waals surface area contributed by atoms with E-state index in [1.54, 1.807) is 0 Å². The summed E-state index contributed by atoms with van der Waals surface area (Å²) in [6.07, 6.45) is 0. The van der Waals surface area contributed by atoms with Gasteiger partial charge < -0.3 is 10.2 Å². The summed E-state index contributed by atoms with van der Waals surface area (Å²) in [5.41, 5.74) is 1.46. The van der Waals surface area contributed by atoms with Gasteiger partial charge >= 0.3 is 0 Å². The normalized spacial score (nSPS) is 10.3. The molecule has 0 aliphatic carbocycles. The fraction of sp³-hybridized carbons (Fsp3) is 0.250. The molecule has 0 saturated carbocycles. The van der Waals surface area contributed by atoms with E-state index in [1.165, 1.54) is 0 Å². The minimum atomic E-state index is -0.0735. The van der Waals surface area contributed by atoms with Gasteiger partial charge in [-0.1, -0.05) is 31.9 Å². The van der Waals surface area contributed by atoms with Crippen molar-refractivity contribution in [3.63, 3.8) is 0 Å². The average Bonchev–Trinajstić information content (AvgIpc) is 2.08. The van der Waals surface area contributed by atoms with Gasteiger partial charge in [0.15, 0.2) is 0 Å². The van der Waals surface area contributed by atoms with Gasteiger partial charge in [0.1, 0.15) is 0 Å². The Hall–Kier alpha value is 0.1000. The van der Waals surface area contributed by atoms with Crippen LogP contribution in [0.5, 0.6) is 0 Å². The molecule has 0 amide bonds. The van der Waals surface area contributed by atoms with E-state index in [-0.39, 0.29) is 13.2 Å². The molecule has 2 N–H and O–H groups in total. The third-order valence-corrected chi connectivity index (χ3v) is 3.12. The first-order valence-electron chi connectivity index (χ1n) is 3.38. The lowest BCUT2D eigenvalue weighted by Gasteiger charge is -2.08. The molecule has 0 bridgehead atoms. The van der Waals surface area contributed by atoms with Crippen LogP contribution < -0.4 is 0 Å². The second-order valence-corrected chi connectivity index (χ2v) is 4.01. The van der Waals surface area contributed by atoms with Gasteiger partial charge in [-0.15, -0.1) is 0 Å². The van der Waals surface area contributed by atoms with Crippen LogP contribution in [0, 0.1) is 0 Å². The van der Waals surface area contributed by atoms with Crippen LogP contribution >= 0.6 is 31.9 Å². The number of hydrogen-bond acceptors (Lipinski definition) is 2. The van der Waals surface area contributed by atoms with Gasteiger partial charge in [-0.3, -0.25) is 0 Å². The van der Waals surface area contributed by atoms with Gasteiger partial charge in [-0.2, -0.15) is 0 Å². The van der Waals surface area contributed by atoms with E-state index < -0.39 is 0 Å². The number of benzene rings is 1. The Morgan fingerprint density at radius 3 is 1.50 bits per heavy atom. The van der Waals surface area contributed by atoms with Crippen LogP contribution in [0.1, 0.15) is 11.1 Å². The molecule has 1 aromatic rings. The number of rotatable bonds is 2. The van der Waals surface area contributed by atoms with Crippen molar-refractivity contribution in [1.29, 1.82) is 0 Å². The smallest absolute Gasteiger partial charge is 0.0696 e. The summed E-state index contributed by atoms with van der Waals surface area (Å²) in [5, 5.41) is 18.0. The predicted molar refractivity (Wildman–Crippen MR) is 53.7 cm³/mol. The molecule has 1 rings (SSSR count). The number of hydrogen-bond donors (Lipinski definition) is 2. The van der Waals surface area contributed by atoms with Gasteiger partial charge in [0.2, 0.25) is 0 Å². The standard InChI is InChI=1S/C8H8Br2O2/c9-7-1-2-8(10)6(4-12)5(7)3-11/h1-2,11-12H,3-4H2. The maximum absolute atomic E-state index is 8.99. The molecule has 0 atom stereocenters. The van der Waals surface area contributed by atoms with Gasteiger partial charge in [-0.05, 0) is 23.3 Å². The van der Waals surface area contributed by atoms with Crippen LogP contribution in [0.25, 0.3) is 0 Å². The molecule has 2 nitrogen and oxygen atoms in total. The highest BCUT2D eigenvalue weighted by Gasteiger charge is 2.08. The molecule has 0 fully saturated rings. The molecule has 0 aromatic heterocycles. The van der Waals surface area contributed by atoms with Crippen LogP contribution in [0.4, 0.5) is 0 Å². The van der Waals surface area contributed by atoms with E-state index in [4.69, 9.17) is 10.2 Å². The van der Waals surface area contributed by atoms with Gasteiger partial charge in [0.05, 0.1) is 13.2 Å². The van der Waals surface area contributed by atoms with Crippen molar-refractivity contribution < 1.29 is 10.2 Å². The second kappa shape index (κ2) is 4.37. The van der Waals surface area contributed by atoms with Crippen LogP contribution in [-0.2, 0) is 13.2 Å². The fourth-order valence-corrected chi connectivity index (χ4v) is 1.97. The molecule has 0 aliphatic rings. The Morgan fingerprint density at radius 1 is 0.917 bits per heavy atom. The van der Waals surface area contributed by atoms with Gasteiger partial charge in [0.25, 0.3) is 0 Å². The lowest BCUT2D eigenvalue weighted by atomic mass is 10.1. The molecule has 66 valence electrons. The van der Waals surface area contributed by atoms with Gasteiger partial charge in [0, 0.05) is 8.95 Å². The highest BCUT2D eigenvalue weighted by molar-refractivity contribution is 9.11. The Bertz CT molecular complexity index is 258. The Morgan fingerprint density at radius 2 is 1.25 bits per heavy atom. The van der Waals surface area contributed by atoms with E-state index in [1.807, 2.05) is 12.1 Å². The Labute approximate surface area is 87.5 Å². The summed E-state index contributed by atoms with van der Waals surface area (Å²) in [4.78, 5) is 0. The molecule has 0 unspecified atom stereocenters. The van der Waals surface area contributed by atoms with Crippen LogP contribution in [0.2, 0.25) is 0 Å². The molecule has 4 heteroatoms. The fourth-order valence-electron chi connectivity index (χ4n) is 0.978. The quantitative estimate of drug-likeness (QED) is 0.878. The lowest BCUT2D eigenvalue weighted by Crippen LogP contribution is -1.96. The van der Waals surface area contributed by atoms with E-state index in [9.17, 15) is 0 Å². The summed E-state index contributed by atoms with van der Waals surface area (Å²) >= 11 is 6.58. The van der Waals surface area contributed by atoms with Crippen LogP contribution in [-0.4, -0.2) is 10.2 Å².